The lowest BCUT2D eigenvalue weighted by Crippen LogP contribution is -2.13. The highest BCUT2D eigenvalue weighted by molar-refractivity contribution is 5.34. The summed E-state index contributed by atoms with van der Waals surface area (Å²) in [4.78, 5) is 0. The summed E-state index contributed by atoms with van der Waals surface area (Å²) in [6.45, 7) is 0. The van der Waals surface area contributed by atoms with Gasteiger partial charge in [-0.15, -0.1) is 0 Å². The van der Waals surface area contributed by atoms with E-state index in [0.717, 1.165) is 12.1 Å². The summed E-state index contributed by atoms with van der Waals surface area (Å²) in [5, 5.41) is 0. The van der Waals surface area contributed by atoms with Crippen LogP contribution in [0.3, 0.4) is 0 Å². The largest absolute Gasteiger partial charge is 0.416 e. The van der Waals surface area contributed by atoms with Crippen molar-refractivity contribution in [3.63, 3.8) is 0 Å². The summed E-state index contributed by atoms with van der Waals surface area (Å²) >= 11 is 0. The Bertz CT molecular complexity index is 560. The molecular formula is C14H11F4N. The maximum Gasteiger partial charge on any atom is 0.416 e. The van der Waals surface area contributed by atoms with Crippen molar-refractivity contribution < 1.29 is 17.6 Å². The van der Waals surface area contributed by atoms with E-state index in [2.05, 4.69) is 0 Å². The van der Waals surface area contributed by atoms with E-state index < -0.39 is 23.6 Å². The lowest BCUT2D eigenvalue weighted by atomic mass is 9.98. The fourth-order valence-electron chi connectivity index (χ4n) is 1.77. The molecule has 1 atom stereocenters. The van der Waals surface area contributed by atoms with Gasteiger partial charge in [0.25, 0.3) is 0 Å². The van der Waals surface area contributed by atoms with E-state index >= 15 is 0 Å². The summed E-state index contributed by atoms with van der Waals surface area (Å²) in [5.41, 5.74) is 6.18. The van der Waals surface area contributed by atoms with Gasteiger partial charge in [0.1, 0.15) is 5.82 Å². The first-order valence-electron chi connectivity index (χ1n) is 5.56. The van der Waals surface area contributed by atoms with Gasteiger partial charge in [0.05, 0.1) is 11.6 Å². The van der Waals surface area contributed by atoms with Gasteiger partial charge in [-0.2, -0.15) is 13.2 Å². The van der Waals surface area contributed by atoms with Crippen LogP contribution in [0.1, 0.15) is 22.7 Å². The van der Waals surface area contributed by atoms with Crippen molar-refractivity contribution in [1.82, 2.24) is 0 Å². The average molecular weight is 269 g/mol. The van der Waals surface area contributed by atoms with E-state index in [1.54, 1.807) is 6.07 Å². The third kappa shape index (κ3) is 3.12. The molecule has 2 aromatic rings. The van der Waals surface area contributed by atoms with E-state index in [0.29, 0.717) is 11.1 Å². The molecule has 0 saturated carbocycles. The molecule has 0 aliphatic heterocycles. The summed E-state index contributed by atoms with van der Waals surface area (Å²) < 4.78 is 50.3. The summed E-state index contributed by atoms with van der Waals surface area (Å²) in [6.07, 6.45) is -4.37. The predicted molar refractivity (Wildman–Crippen MR) is 63.9 cm³/mol. The molecule has 0 radical (unpaired) electrons. The van der Waals surface area contributed by atoms with Crippen LogP contribution < -0.4 is 5.73 Å². The van der Waals surface area contributed by atoms with Crippen molar-refractivity contribution in [2.75, 3.05) is 0 Å². The van der Waals surface area contributed by atoms with E-state index in [1.165, 1.54) is 30.3 Å². The molecule has 1 unspecified atom stereocenters. The van der Waals surface area contributed by atoms with Crippen molar-refractivity contribution in [2.45, 2.75) is 12.2 Å². The highest BCUT2D eigenvalue weighted by Gasteiger charge is 2.30. The van der Waals surface area contributed by atoms with Gasteiger partial charge in [-0.1, -0.05) is 24.3 Å². The number of nitrogens with two attached hydrogens (primary N) is 1. The van der Waals surface area contributed by atoms with E-state index in [9.17, 15) is 17.6 Å². The fourth-order valence-corrected chi connectivity index (χ4v) is 1.77. The molecule has 19 heavy (non-hydrogen) atoms. The third-order valence-corrected chi connectivity index (χ3v) is 2.80. The normalized spacial score (nSPS) is 13.3. The minimum atomic E-state index is -4.37. The van der Waals surface area contributed by atoms with Crippen LogP contribution in [0.4, 0.5) is 17.6 Å². The van der Waals surface area contributed by atoms with Crippen LogP contribution in [-0.4, -0.2) is 0 Å². The Labute approximate surface area is 107 Å². The Balaban J connectivity index is 2.27. The van der Waals surface area contributed by atoms with Gasteiger partial charge in [0.2, 0.25) is 0 Å². The van der Waals surface area contributed by atoms with Gasteiger partial charge in [-0.25, -0.2) is 4.39 Å². The number of hydrogen-bond donors (Lipinski definition) is 1. The third-order valence-electron chi connectivity index (χ3n) is 2.80. The maximum atomic E-state index is 13.1. The van der Waals surface area contributed by atoms with Crippen LogP contribution in [-0.2, 0) is 6.18 Å². The van der Waals surface area contributed by atoms with Gasteiger partial charge < -0.3 is 5.73 Å². The Morgan fingerprint density at radius 3 is 2.05 bits per heavy atom. The van der Waals surface area contributed by atoms with Crippen molar-refractivity contribution >= 4 is 0 Å². The molecular weight excluding hydrogens is 258 g/mol. The Morgan fingerprint density at radius 1 is 0.895 bits per heavy atom. The van der Waals surface area contributed by atoms with Crippen LogP contribution in [0.15, 0.2) is 48.5 Å². The standard InChI is InChI=1S/C14H11F4N/c15-12-3-1-2-10(8-12)13(19)9-4-6-11(7-5-9)14(16,17)18/h1-8,13H,19H2. The summed E-state index contributed by atoms with van der Waals surface area (Å²) in [7, 11) is 0. The number of benzene rings is 2. The molecule has 2 aromatic carbocycles. The molecule has 0 amide bonds. The lowest BCUT2D eigenvalue weighted by Gasteiger charge is -2.14. The Hall–Kier alpha value is -1.88. The smallest absolute Gasteiger partial charge is 0.320 e. The lowest BCUT2D eigenvalue weighted by molar-refractivity contribution is -0.137. The Morgan fingerprint density at radius 2 is 1.53 bits per heavy atom. The van der Waals surface area contributed by atoms with E-state index in [1.807, 2.05) is 0 Å². The minimum absolute atomic E-state index is 0.431. The van der Waals surface area contributed by atoms with Crippen molar-refractivity contribution in [1.29, 1.82) is 0 Å². The molecule has 0 heterocycles. The fraction of sp³-hybridized carbons (Fsp3) is 0.143. The molecule has 0 aliphatic carbocycles. The molecule has 0 bridgehead atoms. The summed E-state index contributed by atoms with van der Waals surface area (Å²) in [5.74, 6) is -0.431. The molecule has 100 valence electrons. The molecule has 5 heteroatoms. The van der Waals surface area contributed by atoms with Crippen LogP contribution in [0.25, 0.3) is 0 Å². The quantitative estimate of drug-likeness (QED) is 0.822. The van der Waals surface area contributed by atoms with Crippen LogP contribution in [0.5, 0.6) is 0 Å². The molecule has 1 nitrogen and oxygen atoms in total. The molecule has 2 rings (SSSR count). The average Bonchev–Trinajstić information content (AvgIpc) is 2.37. The first-order valence-corrected chi connectivity index (χ1v) is 5.56. The number of halogens is 4. The number of rotatable bonds is 2. The van der Waals surface area contributed by atoms with Crippen molar-refractivity contribution in [3.8, 4) is 0 Å². The number of alkyl halides is 3. The highest BCUT2D eigenvalue weighted by atomic mass is 19.4. The second-order valence-corrected chi connectivity index (χ2v) is 4.15. The first kappa shape index (κ1) is 13.5. The zero-order valence-electron chi connectivity index (χ0n) is 9.79. The van der Waals surface area contributed by atoms with Crippen LogP contribution >= 0.6 is 0 Å². The molecule has 2 N–H and O–H groups in total. The zero-order chi connectivity index (χ0) is 14.0. The minimum Gasteiger partial charge on any atom is -0.320 e. The maximum absolute atomic E-state index is 13.1. The Kier molecular flexibility index (Phi) is 3.57. The SMILES string of the molecule is NC(c1ccc(C(F)(F)F)cc1)c1cccc(F)c1. The molecule has 0 aromatic heterocycles. The number of hydrogen-bond acceptors (Lipinski definition) is 1. The van der Waals surface area contributed by atoms with Crippen molar-refractivity contribution in [3.05, 3.63) is 71.0 Å². The van der Waals surface area contributed by atoms with Crippen LogP contribution in [0.2, 0.25) is 0 Å². The van der Waals surface area contributed by atoms with Gasteiger partial charge in [0, 0.05) is 0 Å². The van der Waals surface area contributed by atoms with Gasteiger partial charge >= 0.3 is 6.18 Å². The molecule has 0 saturated heterocycles. The van der Waals surface area contributed by atoms with E-state index in [-0.39, 0.29) is 0 Å². The van der Waals surface area contributed by atoms with Gasteiger partial charge in [0.15, 0.2) is 0 Å². The van der Waals surface area contributed by atoms with Crippen molar-refractivity contribution in [2.24, 2.45) is 5.73 Å². The van der Waals surface area contributed by atoms with Gasteiger partial charge in [-0.3, -0.25) is 0 Å². The first-order chi connectivity index (χ1) is 8.88. The highest BCUT2D eigenvalue weighted by Crippen LogP contribution is 2.30. The van der Waals surface area contributed by atoms with E-state index in [4.69, 9.17) is 5.73 Å². The zero-order valence-corrected chi connectivity index (χ0v) is 9.79. The van der Waals surface area contributed by atoms with Crippen LogP contribution in [0, 0.1) is 5.82 Å². The molecule has 0 aliphatic rings. The monoisotopic (exact) mass is 269 g/mol. The molecule has 0 fully saturated rings. The van der Waals surface area contributed by atoms with Gasteiger partial charge in [-0.05, 0) is 35.4 Å². The predicted octanol–water partition coefficient (Wildman–Crippen LogP) is 3.89. The molecule has 0 spiro atoms. The topological polar surface area (TPSA) is 26.0 Å². The summed E-state index contributed by atoms with van der Waals surface area (Å²) in [6, 6.07) is 9.57. The second-order valence-electron chi connectivity index (χ2n) is 4.15. The second kappa shape index (κ2) is 5.01.